The molecule has 2 N–H and O–H groups in total. The summed E-state index contributed by atoms with van der Waals surface area (Å²) in [7, 11) is 1.76. The van der Waals surface area contributed by atoms with E-state index in [0.717, 1.165) is 38.4 Å². The average Bonchev–Trinajstić information content (AvgIpc) is 2.46. The first kappa shape index (κ1) is 15.0. The summed E-state index contributed by atoms with van der Waals surface area (Å²) in [6.45, 7) is 5.82. The molecule has 2 rings (SSSR count). The molecule has 20 heavy (non-hydrogen) atoms. The third kappa shape index (κ3) is 4.05. The highest BCUT2D eigenvalue weighted by molar-refractivity contribution is 5.47. The lowest BCUT2D eigenvalue weighted by molar-refractivity contribution is 0.128. The molecule has 0 aromatic carbocycles. The Morgan fingerprint density at radius 1 is 1.35 bits per heavy atom. The Morgan fingerprint density at radius 2 is 2.10 bits per heavy atom. The summed E-state index contributed by atoms with van der Waals surface area (Å²) >= 11 is 0. The summed E-state index contributed by atoms with van der Waals surface area (Å²) in [6, 6.07) is 1.84. The molecule has 0 bridgehead atoms. The molecular formula is C14H24N4O2. The van der Waals surface area contributed by atoms with Crippen molar-refractivity contribution in [2.45, 2.75) is 26.4 Å². The van der Waals surface area contributed by atoms with Gasteiger partial charge in [-0.05, 0) is 25.7 Å². The second kappa shape index (κ2) is 7.40. The van der Waals surface area contributed by atoms with E-state index in [0.29, 0.717) is 30.8 Å². The molecule has 0 spiro atoms. The molecule has 1 aliphatic heterocycles. The van der Waals surface area contributed by atoms with Gasteiger partial charge in [-0.25, -0.2) is 9.97 Å². The van der Waals surface area contributed by atoms with E-state index in [1.54, 1.807) is 7.11 Å². The molecule has 0 unspecified atom stereocenters. The summed E-state index contributed by atoms with van der Waals surface area (Å²) in [5.41, 5.74) is 5.86. The van der Waals surface area contributed by atoms with E-state index in [-0.39, 0.29) is 0 Å². The molecule has 0 saturated carbocycles. The van der Waals surface area contributed by atoms with E-state index >= 15 is 0 Å². The highest BCUT2D eigenvalue weighted by atomic mass is 16.5. The van der Waals surface area contributed by atoms with Gasteiger partial charge in [0.25, 0.3) is 0 Å². The lowest BCUT2D eigenvalue weighted by Gasteiger charge is -2.32. The standard InChI is InChI=1S/C14H24N4O2/c1-3-20-10-13-16-12(15)8-14(17-13)18-6-4-11(5-7-18)9-19-2/h8,11H,3-7,9-10H2,1-2H3,(H2,15,16,17). The quantitative estimate of drug-likeness (QED) is 0.850. The normalized spacial score (nSPS) is 16.6. The van der Waals surface area contributed by atoms with E-state index < -0.39 is 0 Å². The number of rotatable bonds is 6. The van der Waals surface area contributed by atoms with Crippen molar-refractivity contribution in [1.29, 1.82) is 0 Å². The maximum Gasteiger partial charge on any atom is 0.158 e. The van der Waals surface area contributed by atoms with Gasteiger partial charge < -0.3 is 20.1 Å². The first-order chi connectivity index (χ1) is 9.72. The molecule has 6 heteroatoms. The van der Waals surface area contributed by atoms with Crippen molar-refractivity contribution in [3.05, 3.63) is 11.9 Å². The number of nitrogens with two attached hydrogens (primary N) is 1. The van der Waals surface area contributed by atoms with Crippen molar-refractivity contribution < 1.29 is 9.47 Å². The van der Waals surface area contributed by atoms with E-state index in [2.05, 4.69) is 14.9 Å². The highest BCUT2D eigenvalue weighted by Crippen LogP contribution is 2.23. The zero-order valence-electron chi connectivity index (χ0n) is 12.3. The Bertz CT molecular complexity index is 420. The van der Waals surface area contributed by atoms with Gasteiger partial charge in [-0.15, -0.1) is 0 Å². The topological polar surface area (TPSA) is 73.5 Å². The second-order valence-corrected chi connectivity index (χ2v) is 5.09. The van der Waals surface area contributed by atoms with Crippen LogP contribution in [0.15, 0.2) is 6.07 Å². The van der Waals surface area contributed by atoms with E-state index in [4.69, 9.17) is 15.2 Å². The molecule has 112 valence electrons. The number of hydrogen-bond donors (Lipinski definition) is 1. The monoisotopic (exact) mass is 280 g/mol. The number of methoxy groups -OCH3 is 1. The van der Waals surface area contributed by atoms with Gasteiger partial charge in [-0.1, -0.05) is 0 Å². The van der Waals surface area contributed by atoms with Crippen LogP contribution in [0.25, 0.3) is 0 Å². The summed E-state index contributed by atoms with van der Waals surface area (Å²) in [6.07, 6.45) is 2.25. The van der Waals surface area contributed by atoms with Gasteiger partial charge in [0.2, 0.25) is 0 Å². The van der Waals surface area contributed by atoms with Gasteiger partial charge in [0.1, 0.15) is 18.2 Å². The zero-order valence-corrected chi connectivity index (χ0v) is 12.3. The van der Waals surface area contributed by atoms with Crippen LogP contribution in [0.5, 0.6) is 0 Å². The van der Waals surface area contributed by atoms with Crippen LogP contribution in [0, 0.1) is 5.92 Å². The van der Waals surface area contributed by atoms with Gasteiger partial charge in [0.05, 0.1) is 0 Å². The lowest BCUT2D eigenvalue weighted by atomic mass is 9.98. The minimum atomic E-state index is 0.411. The minimum absolute atomic E-state index is 0.411. The number of piperidine rings is 1. The molecule has 1 fully saturated rings. The van der Waals surface area contributed by atoms with Crippen LogP contribution < -0.4 is 10.6 Å². The maximum atomic E-state index is 5.86. The van der Waals surface area contributed by atoms with E-state index in [9.17, 15) is 0 Å². The fourth-order valence-electron chi connectivity index (χ4n) is 2.49. The minimum Gasteiger partial charge on any atom is -0.384 e. The van der Waals surface area contributed by atoms with Crippen LogP contribution >= 0.6 is 0 Å². The summed E-state index contributed by atoms with van der Waals surface area (Å²) in [4.78, 5) is 11.0. The predicted molar refractivity (Wildman–Crippen MR) is 78.6 cm³/mol. The Hall–Kier alpha value is -1.40. The molecule has 0 amide bonds. The molecule has 0 atom stereocenters. The fourth-order valence-corrected chi connectivity index (χ4v) is 2.49. The summed E-state index contributed by atoms with van der Waals surface area (Å²) < 4.78 is 10.6. The van der Waals surface area contributed by atoms with Crippen LogP contribution in [-0.2, 0) is 16.1 Å². The third-order valence-corrected chi connectivity index (χ3v) is 3.55. The largest absolute Gasteiger partial charge is 0.384 e. The molecule has 0 radical (unpaired) electrons. The van der Waals surface area contributed by atoms with Crippen LogP contribution in [0.4, 0.5) is 11.6 Å². The number of anilines is 2. The van der Waals surface area contributed by atoms with Gasteiger partial charge in [-0.2, -0.15) is 0 Å². The predicted octanol–water partition coefficient (Wildman–Crippen LogP) is 1.46. The number of nitrogens with zero attached hydrogens (tertiary/aromatic N) is 3. The molecule has 6 nitrogen and oxygen atoms in total. The number of ether oxygens (including phenoxy) is 2. The summed E-state index contributed by atoms with van der Waals surface area (Å²) in [5, 5.41) is 0. The number of hydrogen-bond acceptors (Lipinski definition) is 6. The van der Waals surface area contributed by atoms with E-state index in [1.165, 1.54) is 0 Å². The Labute approximate surface area is 120 Å². The maximum absolute atomic E-state index is 5.86. The average molecular weight is 280 g/mol. The number of aromatic nitrogens is 2. The zero-order chi connectivity index (χ0) is 14.4. The highest BCUT2D eigenvalue weighted by Gasteiger charge is 2.20. The van der Waals surface area contributed by atoms with Crippen molar-refractivity contribution in [3.63, 3.8) is 0 Å². The molecule has 0 aliphatic carbocycles. The Kier molecular flexibility index (Phi) is 5.55. The second-order valence-electron chi connectivity index (χ2n) is 5.09. The van der Waals surface area contributed by atoms with Crippen molar-refractivity contribution in [2.24, 2.45) is 5.92 Å². The van der Waals surface area contributed by atoms with E-state index in [1.807, 2.05) is 13.0 Å². The molecule has 1 aromatic rings. The van der Waals surface area contributed by atoms with Gasteiger partial charge >= 0.3 is 0 Å². The molecule has 1 saturated heterocycles. The Balaban J connectivity index is 2.00. The van der Waals surface area contributed by atoms with Crippen molar-refractivity contribution in [2.75, 3.05) is 44.0 Å². The molecule has 1 aliphatic rings. The van der Waals surface area contributed by atoms with Crippen molar-refractivity contribution in [3.8, 4) is 0 Å². The van der Waals surface area contributed by atoms with Gasteiger partial charge in [0.15, 0.2) is 5.82 Å². The van der Waals surface area contributed by atoms with Crippen LogP contribution in [0.3, 0.4) is 0 Å². The van der Waals surface area contributed by atoms with Crippen LogP contribution in [0.1, 0.15) is 25.6 Å². The summed E-state index contributed by atoms with van der Waals surface area (Å²) in [5.74, 6) is 2.71. The first-order valence-electron chi connectivity index (χ1n) is 7.18. The van der Waals surface area contributed by atoms with Gasteiger partial charge in [-0.3, -0.25) is 0 Å². The first-order valence-corrected chi connectivity index (χ1v) is 7.18. The van der Waals surface area contributed by atoms with Gasteiger partial charge in [0, 0.05) is 39.5 Å². The smallest absolute Gasteiger partial charge is 0.158 e. The van der Waals surface area contributed by atoms with Crippen molar-refractivity contribution in [1.82, 2.24) is 9.97 Å². The molecule has 1 aromatic heterocycles. The fraction of sp³-hybridized carbons (Fsp3) is 0.714. The lowest BCUT2D eigenvalue weighted by Crippen LogP contribution is -2.35. The third-order valence-electron chi connectivity index (χ3n) is 3.55. The van der Waals surface area contributed by atoms with Crippen molar-refractivity contribution >= 4 is 11.6 Å². The SMILES string of the molecule is CCOCc1nc(N)cc(N2CCC(COC)CC2)n1. The van der Waals surface area contributed by atoms with Crippen LogP contribution in [0.2, 0.25) is 0 Å². The van der Waals surface area contributed by atoms with Crippen LogP contribution in [-0.4, -0.2) is 43.4 Å². The Morgan fingerprint density at radius 3 is 2.75 bits per heavy atom. The molecular weight excluding hydrogens is 256 g/mol. The molecule has 2 heterocycles. The number of nitrogen functional groups attached to an aromatic ring is 1.